The summed E-state index contributed by atoms with van der Waals surface area (Å²) in [6.07, 6.45) is 0. The Balaban J connectivity index is 2.28. The predicted molar refractivity (Wildman–Crippen MR) is 100 cm³/mol. The maximum atomic E-state index is 14.3. The van der Waals surface area contributed by atoms with Crippen molar-refractivity contribution in [2.75, 3.05) is 31.1 Å². The van der Waals surface area contributed by atoms with Gasteiger partial charge in [-0.3, -0.25) is 0 Å². The van der Waals surface area contributed by atoms with Gasteiger partial charge in [-0.1, -0.05) is 18.2 Å². The second-order valence-electron chi connectivity index (χ2n) is 6.64. The molecule has 0 saturated carbocycles. The van der Waals surface area contributed by atoms with E-state index in [9.17, 15) is 60.9 Å². The lowest BCUT2D eigenvalue weighted by atomic mass is 10.2. The Morgan fingerprint density at radius 3 is 1.74 bits per heavy atom. The Hall–Kier alpha value is -1.48. The number of rotatable bonds is 8. The van der Waals surface area contributed by atoms with Crippen LogP contribution in [0.15, 0.2) is 30.3 Å². The smallest absolute Gasteiger partial charge is 0.515 e. The number of nitrogens with zero attached hydrogens (tertiary/aromatic N) is 2. The molecule has 1 atom stereocenters. The van der Waals surface area contributed by atoms with E-state index in [1.807, 2.05) is 0 Å². The van der Waals surface area contributed by atoms with Crippen molar-refractivity contribution in [1.82, 2.24) is 8.43 Å². The van der Waals surface area contributed by atoms with Crippen LogP contribution in [0.5, 0.6) is 0 Å². The summed E-state index contributed by atoms with van der Waals surface area (Å²) in [4.78, 5) is 1.47. The monoisotopic (exact) mass is 571 g/mol. The Bertz CT molecular complexity index is 1080. The largest absolute Gasteiger partial charge is 0.592 e. The molecule has 0 bridgehead atoms. The van der Waals surface area contributed by atoms with E-state index in [4.69, 9.17) is 0 Å². The molecule has 1 aliphatic rings. The van der Waals surface area contributed by atoms with Crippen LogP contribution < -0.4 is 9.03 Å². The molecule has 1 fully saturated rings. The SMILES string of the molecule is O=S(=O)(N[S+]([O-])C(F)(F)C(F)(F)C(F)(F)S(=O)(=O)N1CCN(c2ccccc2)CC1)C(F)(F)F. The highest BCUT2D eigenvalue weighted by Gasteiger charge is 2.84. The molecule has 1 aromatic rings. The molecule has 8 nitrogen and oxygen atoms in total. The molecule has 0 amide bonds. The van der Waals surface area contributed by atoms with Gasteiger partial charge in [0.1, 0.15) is 11.4 Å². The minimum atomic E-state index is -7.10. The first kappa shape index (κ1) is 28.8. The van der Waals surface area contributed by atoms with E-state index in [1.54, 1.807) is 30.3 Å². The standard InChI is InChI=1S/C14H14F9N3O5S3/c15-11(16,12(17,18)32(27)24-33(28,29)14(21,22)23)13(19,20)34(30,31)26-8-6-25(7-9-26)10-4-2-1-3-5-10/h1-5,24H,6-9H2. The molecule has 1 aliphatic heterocycles. The molecule has 20 heteroatoms. The summed E-state index contributed by atoms with van der Waals surface area (Å²) < 4.78 is 178. The third kappa shape index (κ3) is 4.92. The van der Waals surface area contributed by atoms with Gasteiger partial charge in [0.25, 0.3) is 10.0 Å². The molecule has 0 spiro atoms. The fourth-order valence-corrected chi connectivity index (χ4v) is 6.07. The van der Waals surface area contributed by atoms with Gasteiger partial charge in [0, 0.05) is 31.9 Å². The molecule has 1 saturated heterocycles. The highest BCUT2D eigenvalue weighted by atomic mass is 32.3. The van der Waals surface area contributed by atoms with Gasteiger partial charge in [0.05, 0.1) is 0 Å². The fourth-order valence-electron chi connectivity index (χ4n) is 2.63. The lowest BCUT2D eigenvalue weighted by Gasteiger charge is -2.38. The van der Waals surface area contributed by atoms with Crippen LogP contribution in [-0.2, 0) is 31.4 Å². The zero-order valence-corrected chi connectivity index (χ0v) is 18.7. The van der Waals surface area contributed by atoms with Crippen molar-refractivity contribution >= 4 is 37.1 Å². The van der Waals surface area contributed by atoms with Crippen molar-refractivity contribution < 1.29 is 60.9 Å². The molecule has 1 heterocycles. The third-order valence-electron chi connectivity index (χ3n) is 4.48. The van der Waals surface area contributed by atoms with E-state index < -0.39 is 66.4 Å². The number of sulfonamides is 2. The highest BCUT2D eigenvalue weighted by Crippen LogP contribution is 2.51. The zero-order chi connectivity index (χ0) is 26.4. The number of nitrogens with one attached hydrogen (secondary N) is 1. The first-order valence-corrected chi connectivity index (χ1v) is 12.7. The highest BCUT2D eigenvalue weighted by molar-refractivity contribution is 8.05. The molecule has 1 unspecified atom stereocenters. The van der Waals surface area contributed by atoms with Crippen molar-refractivity contribution in [1.29, 1.82) is 0 Å². The number of hydrogen-bond acceptors (Lipinski definition) is 6. The zero-order valence-electron chi connectivity index (χ0n) is 16.3. The third-order valence-corrected chi connectivity index (χ3v) is 9.24. The van der Waals surface area contributed by atoms with E-state index in [0.717, 1.165) is 0 Å². The van der Waals surface area contributed by atoms with Crippen LogP contribution in [0.3, 0.4) is 0 Å². The number of benzene rings is 1. The van der Waals surface area contributed by atoms with Crippen LogP contribution in [-0.4, -0.2) is 73.8 Å². The van der Waals surface area contributed by atoms with Gasteiger partial charge >= 0.3 is 32.0 Å². The Morgan fingerprint density at radius 1 is 0.824 bits per heavy atom. The van der Waals surface area contributed by atoms with Crippen LogP contribution in [0.25, 0.3) is 0 Å². The van der Waals surface area contributed by atoms with Crippen LogP contribution in [0, 0.1) is 0 Å². The second kappa shape index (κ2) is 9.19. The number of alkyl halides is 9. The van der Waals surface area contributed by atoms with Gasteiger partial charge in [-0.2, -0.15) is 43.5 Å². The lowest BCUT2D eigenvalue weighted by molar-refractivity contribution is -0.245. The molecule has 0 aromatic heterocycles. The fraction of sp³-hybridized carbons (Fsp3) is 0.571. The van der Waals surface area contributed by atoms with Crippen molar-refractivity contribution in [2.24, 2.45) is 0 Å². The van der Waals surface area contributed by atoms with Crippen molar-refractivity contribution in [3.05, 3.63) is 30.3 Å². The summed E-state index contributed by atoms with van der Waals surface area (Å²) >= 11 is -5.35. The maximum Gasteiger partial charge on any atom is 0.515 e. The first-order valence-electron chi connectivity index (χ1n) is 8.64. The van der Waals surface area contributed by atoms with Gasteiger partial charge < -0.3 is 9.45 Å². The molecule has 0 radical (unpaired) electrons. The Labute approximate surface area is 190 Å². The van der Waals surface area contributed by atoms with E-state index in [0.29, 0.717) is 5.69 Å². The quantitative estimate of drug-likeness (QED) is 0.378. The molecule has 1 N–H and O–H groups in total. The van der Waals surface area contributed by atoms with Crippen LogP contribution in [0.2, 0.25) is 0 Å². The molecule has 34 heavy (non-hydrogen) atoms. The van der Waals surface area contributed by atoms with Gasteiger partial charge in [0.2, 0.25) is 0 Å². The summed E-state index contributed by atoms with van der Waals surface area (Å²) in [6.45, 7) is -2.37. The summed E-state index contributed by atoms with van der Waals surface area (Å²) in [6, 6.07) is 7.92. The molecular formula is C14H14F9N3O5S3. The van der Waals surface area contributed by atoms with Crippen molar-refractivity contribution in [2.45, 2.75) is 21.9 Å². The van der Waals surface area contributed by atoms with E-state index in [-0.39, 0.29) is 21.5 Å². The number of halogens is 9. The minimum absolute atomic E-state index is 0.237. The molecular weight excluding hydrogens is 557 g/mol. The average molecular weight is 571 g/mol. The second-order valence-corrected chi connectivity index (χ2v) is 11.8. The van der Waals surface area contributed by atoms with Gasteiger partial charge in [-0.05, 0) is 16.3 Å². The van der Waals surface area contributed by atoms with E-state index in [1.165, 1.54) is 4.90 Å². The lowest BCUT2D eigenvalue weighted by Crippen LogP contribution is -2.66. The first-order chi connectivity index (χ1) is 15.2. The van der Waals surface area contributed by atoms with Gasteiger partial charge in [0.15, 0.2) is 0 Å². The molecule has 2 rings (SSSR count). The van der Waals surface area contributed by atoms with Gasteiger partial charge in [-0.15, -0.1) is 8.78 Å². The molecule has 0 aliphatic carbocycles. The summed E-state index contributed by atoms with van der Waals surface area (Å²) in [5.74, 6) is -7.10. The molecule has 1 aromatic carbocycles. The van der Waals surface area contributed by atoms with Gasteiger partial charge in [-0.25, -0.2) is 8.42 Å². The Kier molecular flexibility index (Phi) is 7.77. The number of piperazine rings is 1. The number of anilines is 1. The average Bonchev–Trinajstić information content (AvgIpc) is 2.72. The van der Waals surface area contributed by atoms with Crippen LogP contribution in [0.1, 0.15) is 0 Å². The number of para-hydroxylation sites is 1. The van der Waals surface area contributed by atoms with Crippen molar-refractivity contribution in [3.63, 3.8) is 0 Å². The summed E-state index contributed by atoms with van der Waals surface area (Å²) in [5.41, 5.74) is -5.91. The Morgan fingerprint density at radius 2 is 1.29 bits per heavy atom. The maximum absolute atomic E-state index is 14.3. The normalized spacial score (nSPS) is 18.7. The minimum Gasteiger partial charge on any atom is -0.592 e. The number of hydrogen-bond donors (Lipinski definition) is 1. The van der Waals surface area contributed by atoms with Crippen molar-refractivity contribution in [3.8, 4) is 0 Å². The van der Waals surface area contributed by atoms with Crippen LogP contribution in [0.4, 0.5) is 45.2 Å². The summed E-state index contributed by atoms with van der Waals surface area (Å²) in [5, 5.41) is -13.5. The predicted octanol–water partition coefficient (Wildman–Crippen LogP) is 2.06. The topological polar surface area (TPSA) is 110 Å². The summed E-state index contributed by atoms with van der Waals surface area (Å²) in [7, 11) is -13.6. The van der Waals surface area contributed by atoms with Crippen LogP contribution >= 0.6 is 0 Å². The van der Waals surface area contributed by atoms with E-state index >= 15 is 0 Å². The van der Waals surface area contributed by atoms with E-state index in [2.05, 4.69) is 0 Å². The molecule has 196 valence electrons.